The Hall–Kier alpha value is -0.710. The largest absolute Gasteiger partial charge is 0.388 e. The number of aliphatic hydroxyl groups excluding tert-OH is 2. The minimum absolute atomic E-state index is 0.104. The summed E-state index contributed by atoms with van der Waals surface area (Å²) in [6, 6.07) is 0. The predicted octanol–water partition coefficient (Wildman–Crippen LogP) is -0.748. The lowest BCUT2D eigenvalue weighted by molar-refractivity contribution is -0.112. The number of aliphatic hydroxyl groups is 2. The van der Waals surface area contributed by atoms with Gasteiger partial charge in [-0.3, -0.25) is 4.79 Å². The number of hydrogen-bond donors (Lipinski definition) is 2. The van der Waals surface area contributed by atoms with Gasteiger partial charge in [-0.15, -0.1) is 0 Å². The van der Waals surface area contributed by atoms with Gasteiger partial charge in [0.2, 0.25) is 0 Å². The van der Waals surface area contributed by atoms with Crippen molar-refractivity contribution in [3.8, 4) is 0 Å². The minimum atomic E-state index is -0.916. The average Bonchev–Trinajstić information content (AvgIpc) is 2.30. The Balaban J connectivity index is 2.49. The average molecular weight is 172 g/mol. The molecular weight excluding hydrogens is 160 g/mol. The quantitative estimate of drug-likeness (QED) is 0.538. The van der Waals surface area contributed by atoms with E-state index in [1.54, 1.807) is 0 Å². The number of allylic oxidation sites excluding steroid dienone is 1. The van der Waals surface area contributed by atoms with Crippen molar-refractivity contribution in [2.45, 2.75) is 25.2 Å². The predicted molar refractivity (Wildman–Crippen MR) is 41.6 cm³/mol. The molecule has 1 aliphatic heterocycles. The summed E-state index contributed by atoms with van der Waals surface area (Å²) in [6.45, 7) is 1.53. The maximum Gasteiger partial charge on any atom is 0.152 e. The summed E-state index contributed by atoms with van der Waals surface area (Å²) in [5.41, 5.74) is 0. The van der Waals surface area contributed by atoms with Crippen molar-refractivity contribution in [3.05, 3.63) is 12.2 Å². The summed E-state index contributed by atoms with van der Waals surface area (Å²) in [5, 5.41) is 18.3. The molecule has 0 aromatic rings. The normalized spacial score (nSPS) is 36.1. The fourth-order valence-corrected chi connectivity index (χ4v) is 1.03. The molecule has 0 aliphatic carbocycles. The summed E-state index contributed by atoms with van der Waals surface area (Å²) >= 11 is 0. The third-order valence-electron chi connectivity index (χ3n) is 1.71. The van der Waals surface area contributed by atoms with Crippen LogP contribution < -0.4 is 0 Å². The van der Waals surface area contributed by atoms with E-state index in [4.69, 9.17) is 9.84 Å². The number of ketones is 1. The smallest absolute Gasteiger partial charge is 0.152 e. The van der Waals surface area contributed by atoms with Crippen LogP contribution in [0.5, 0.6) is 0 Å². The highest BCUT2D eigenvalue weighted by Gasteiger charge is 2.32. The van der Waals surface area contributed by atoms with Gasteiger partial charge in [0.25, 0.3) is 0 Å². The van der Waals surface area contributed by atoms with Crippen LogP contribution in [-0.2, 0) is 9.53 Å². The van der Waals surface area contributed by atoms with Gasteiger partial charge in [0.1, 0.15) is 18.3 Å². The maximum atomic E-state index is 10.5. The van der Waals surface area contributed by atoms with Crippen LogP contribution in [0.15, 0.2) is 12.2 Å². The van der Waals surface area contributed by atoms with Gasteiger partial charge in [-0.25, -0.2) is 0 Å². The van der Waals surface area contributed by atoms with Gasteiger partial charge in [0.15, 0.2) is 5.78 Å². The molecule has 0 aromatic carbocycles. The van der Waals surface area contributed by atoms with Crippen molar-refractivity contribution < 1.29 is 19.7 Å². The van der Waals surface area contributed by atoms with E-state index in [1.165, 1.54) is 19.1 Å². The molecule has 0 aromatic heterocycles. The lowest BCUT2D eigenvalue weighted by Crippen LogP contribution is -2.28. The fourth-order valence-electron chi connectivity index (χ4n) is 1.03. The van der Waals surface area contributed by atoms with Gasteiger partial charge in [-0.2, -0.15) is 0 Å². The number of hydrogen-bond acceptors (Lipinski definition) is 4. The highest BCUT2D eigenvalue weighted by molar-refractivity contribution is 5.87. The maximum absolute atomic E-state index is 10.5. The molecule has 4 nitrogen and oxygen atoms in total. The standard InChI is InChI=1S/C8H12O4/c1-5(9)2-3-7-8(11)6(10)4-12-7/h2-3,6-8,10-11H,4H2,1H3/t6-,7+,8-/m1/s1. The van der Waals surface area contributed by atoms with Gasteiger partial charge in [0.05, 0.1) is 6.61 Å². The third-order valence-corrected chi connectivity index (χ3v) is 1.71. The molecule has 0 spiro atoms. The zero-order valence-corrected chi connectivity index (χ0v) is 6.80. The van der Waals surface area contributed by atoms with E-state index in [1.807, 2.05) is 0 Å². The monoisotopic (exact) mass is 172 g/mol. The summed E-state index contributed by atoms with van der Waals surface area (Å²) in [4.78, 5) is 10.5. The van der Waals surface area contributed by atoms with Crippen LogP contribution in [0.1, 0.15) is 6.92 Å². The number of ether oxygens (including phenoxy) is 1. The van der Waals surface area contributed by atoms with Crippen molar-refractivity contribution >= 4 is 5.78 Å². The molecule has 1 aliphatic rings. The first-order valence-corrected chi connectivity index (χ1v) is 3.78. The SMILES string of the molecule is CC(=O)C=C[C@@H]1OC[C@@H](O)[C@H]1O. The summed E-state index contributed by atoms with van der Waals surface area (Å²) < 4.78 is 4.99. The Morgan fingerprint density at radius 2 is 2.25 bits per heavy atom. The van der Waals surface area contributed by atoms with Gasteiger partial charge in [0, 0.05) is 0 Å². The van der Waals surface area contributed by atoms with Gasteiger partial charge < -0.3 is 14.9 Å². The van der Waals surface area contributed by atoms with Crippen molar-refractivity contribution in [1.82, 2.24) is 0 Å². The second-order valence-corrected chi connectivity index (χ2v) is 2.83. The van der Waals surface area contributed by atoms with Crippen molar-refractivity contribution in [3.63, 3.8) is 0 Å². The first-order chi connectivity index (χ1) is 5.61. The third kappa shape index (κ3) is 2.14. The fraction of sp³-hybridized carbons (Fsp3) is 0.625. The summed E-state index contributed by atoms with van der Waals surface area (Å²) in [6.07, 6.45) is 0.478. The van der Waals surface area contributed by atoms with Gasteiger partial charge in [-0.1, -0.05) is 0 Å². The molecule has 0 radical (unpaired) electrons. The van der Waals surface area contributed by atoms with Crippen LogP contribution in [0, 0.1) is 0 Å². The molecule has 1 heterocycles. The Morgan fingerprint density at radius 1 is 1.58 bits per heavy atom. The minimum Gasteiger partial charge on any atom is -0.388 e. The lowest BCUT2D eigenvalue weighted by atomic mass is 10.1. The topological polar surface area (TPSA) is 66.8 Å². The molecule has 2 N–H and O–H groups in total. The lowest BCUT2D eigenvalue weighted by Gasteiger charge is -2.09. The van der Waals surface area contributed by atoms with E-state index < -0.39 is 18.3 Å². The van der Waals surface area contributed by atoms with Gasteiger partial charge >= 0.3 is 0 Å². The Bertz CT molecular complexity index is 199. The number of carbonyl (C=O) groups is 1. The van der Waals surface area contributed by atoms with E-state index in [0.717, 1.165) is 0 Å². The molecule has 0 saturated carbocycles. The summed E-state index contributed by atoms with van der Waals surface area (Å²) in [7, 11) is 0. The van der Waals surface area contributed by atoms with E-state index in [9.17, 15) is 9.90 Å². The molecule has 1 rings (SSSR count). The van der Waals surface area contributed by atoms with E-state index in [2.05, 4.69) is 0 Å². The Morgan fingerprint density at radius 3 is 2.67 bits per heavy atom. The van der Waals surface area contributed by atoms with E-state index >= 15 is 0 Å². The van der Waals surface area contributed by atoms with Crippen LogP contribution in [0.4, 0.5) is 0 Å². The Labute approximate surface area is 70.5 Å². The van der Waals surface area contributed by atoms with E-state index in [-0.39, 0.29) is 12.4 Å². The zero-order chi connectivity index (χ0) is 9.14. The number of carbonyl (C=O) groups excluding carboxylic acids is 1. The van der Waals surface area contributed by atoms with Crippen molar-refractivity contribution in [2.75, 3.05) is 6.61 Å². The zero-order valence-electron chi connectivity index (χ0n) is 6.80. The van der Waals surface area contributed by atoms with Crippen LogP contribution in [0.3, 0.4) is 0 Å². The van der Waals surface area contributed by atoms with E-state index in [0.29, 0.717) is 0 Å². The second kappa shape index (κ2) is 3.80. The molecular formula is C8H12O4. The highest BCUT2D eigenvalue weighted by Crippen LogP contribution is 2.14. The highest BCUT2D eigenvalue weighted by atomic mass is 16.5. The summed E-state index contributed by atoms with van der Waals surface area (Å²) in [5.74, 6) is -0.104. The van der Waals surface area contributed by atoms with Crippen LogP contribution in [0.2, 0.25) is 0 Å². The molecule has 3 atom stereocenters. The molecule has 0 unspecified atom stereocenters. The van der Waals surface area contributed by atoms with Gasteiger partial charge in [-0.05, 0) is 19.1 Å². The van der Waals surface area contributed by atoms with Crippen LogP contribution >= 0.6 is 0 Å². The first-order valence-electron chi connectivity index (χ1n) is 3.78. The molecule has 12 heavy (non-hydrogen) atoms. The molecule has 0 bridgehead atoms. The van der Waals surface area contributed by atoms with Crippen LogP contribution in [0.25, 0.3) is 0 Å². The van der Waals surface area contributed by atoms with Crippen molar-refractivity contribution in [2.24, 2.45) is 0 Å². The molecule has 0 amide bonds. The van der Waals surface area contributed by atoms with Crippen LogP contribution in [-0.4, -0.2) is 40.9 Å². The molecule has 1 fully saturated rings. The Kier molecular flexibility index (Phi) is 2.97. The van der Waals surface area contributed by atoms with Crippen molar-refractivity contribution in [1.29, 1.82) is 0 Å². The molecule has 4 heteroatoms. The number of rotatable bonds is 2. The molecule has 1 saturated heterocycles. The molecule has 68 valence electrons. The first kappa shape index (κ1) is 9.38. The second-order valence-electron chi connectivity index (χ2n) is 2.83.